The summed E-state index contributed by atoms with van der Waals surface area (Å²) in [6.45, 7) is 5.28. The van der Waals surface area contributed by atoms with E-state index in [4.69, 9.17) is 19.6 Å². The SMILES string of the molecule is CC(C)CNNC(=O)[C@@]1(Cc2ccc(Br)cc2)N=C(c2ccc(OCCCO)cc2)O[C@H]1c1ccc(Br)cc1. The zero-order valence-corrected chi connectivity index (χ0v) is 25.2. The largest absolute Gasteiger partial charge is 0.494 e. The number of carbonyl (C=O) groups excluding carboxylic acids is 1. The number of aliphatic hydroxyl groups is 1. The van der Waals surface area contributed by atoms with Crippen molar-refractivity contribution in [2.75, 3.05) is 19.8 Å². The minimum absolute atomic E-state index is 0.0781. The van der Waals surface area contributed by atoms with Crippen LogP contribution >= 0.6 is 31.9 Å². The van der Waals surface area contributed by atoms with Crippen molar-refractivity contribution in [2.24, 2.45) is 10.9 Å². The van der Waals surface area contributed by atoms with E-state index in [1.165, 1.54) is 0 Å². The molecule has 4 rings (SSSR count). The van der Waals surface area contributed by atoms with Gasteiger partial charge in [-0.3, -0.25) is 10.2 Å². The number of ether oxygens (including phenoxy) is 2. The van der Waals surface area contributed by atoms with Gasteiger partial charge in [0.2, 0.25) is 5.90 Å². The summed E-state index contributed by atoms with van der Waals surface area (Å²) in [4.78, 5) is 19.1. The van der Waals surface area contributed by atoms with E-state index in [0.29, 0.717) is 43.6 Å². The number of halogens is 2. The average Bonchev–Trinajstić information content (AvgIpc) is 3.31. The maximum atomic E-state index is 14.0. The van der Waals surface area contributed by atoms with E-state index in [1.54, 1.807) is 0 Å². The van der Waals surface area contributed by atoms with Crippen molar-refractivity contribution in [1.29, 1.82) is 0 Å². The second kappa shape index (κ2) is 13.6. The van der Waals surface area contributed by atoms with Gasteiger partial charge in [-0.25, -0.2) is 10.4 Å². The fraction of sp³-hybridized carbons (Fsp3) is 0.333. The molecule has 206 valence electrons. The first-order chi connectivity index (χ1) is 18.8. The van der Waals surface area contributed by atoms with Crippen LogP contribution in [0.1, 0.15) is 43.1 Å². The molecule has 3 aromatic carbocycles. The first kappa shape index (κ1) is 29.3. The van der Waals surface area contributed by atoms with Gasteiger partial charge in [-0.2, -0.15) is 0 Å². The Hall–Kier alpha value is -2.72. The molecule has 0 radical (unpaired) electrons. The third-order valence-electron chi connectivity index (χ3n) is 6.30. The van der Waals surface area contributed by atoms with E-state index in [1.807, 2.05) is 72.8 Å². The number of aliphatic imine (C=N–C) groups is 1. The number of rotatable bonds is 12. The van der Waals surface area contributed by atoms with Crippen LogP contribution in [0, 0.1) is 5.92 Å². The number of hydrazine groups is 1. The van der Waals surface area contributed by atoms with Crippen LogP contribution in [0.4, 0.5) is 0 Å². The number of benzene rings is 3. The van der Waals surface area contributed by atoms with Gasteiger partial charge in [0.05, 0.1) is 6.61 Å². The van der Waals surface area contributed by atoms with E-state index in [2.05, 4.69) is 56.6 Å². The Labute approximate surface area is 246 Å². The maximum Gasteiger partial charge on any atom is 0.266 e. The number of hydrogen-bond acceptors (Lipinski definition) is 6. The van der Waals surface area contributed by atoms with Crippen molar-refractivity contribution >= 4 is 43.7 Å². The average molecular weight is 659 g/mol. The van der Waals surface area contributed by atoms with Crippen LogP contribution in [0.15, 0.2) is 86.7 Å². The minimum Gasteiger partial charge on any atom is -0.494 e. The minimum atomic E-state index is -1.27. The summed E-state index contributed by atoms with van der Waals surface area (Å²) < 4.78 is 14.1. The molecule has 3 aromatic rings. The van der Waals surface area contributed by atoms with Crippen molar-refractivity contribution in [3.8, 4) is 5.75 Å². The fourth-order valence-electron chi connectivity index (χ4n) is 4.28. The highest BCUT2D eigenvalue weighted by Crippen LogP contribution is 2.43. The van der Waals surface area contributed by atoms with Gasteiger partial charge < -0.3 is 14.6 Å². The van der Waals surface area contributed by atoms with Gasteiger partial charge in [0.1, 0.15) is 5.75 Å². The molecule has 0 saturated carbocycles. The lowest BCUT2D eigenvalue weighted by Gasteiger charge is -2.31. The van der Waals surface area contributed by atoms with Crippen LogP contribution in [-0.2, 0) is 16.0 Å². The van der Waals surface area contributed by atoms with Gasteiger partial charge in [-0.15, -0.1) is 0 Å². The third kappa shape index (κ3) is 7.48. The lowest BCUT2D eigenvalue weighted by Crippen LogP contribution is -2.54. The normalized spacial score (nSPS) is 18.5. The highest BCUT2D eigenvalue weighted by molar-refractivity contribution is 9.10. The van der Waals surface area contributed by atoms with Crippen molar-refractivity contribution < 1.29 is 19.4 Å². The van der Waals surface area contributed by atoms with E-state index < -0.39 is 11.6 Å². The first-order valence-corrected chi connectivity index (χ1v) is 14.5. The molecule has 1 heterocycles. The smallest absolute Gasteiger partial charge is 0.266 e. The molecular weight excluding hydrogens is 626 g/mol. The summed E-state index contributed by atoms with van der Waals surface area (Å²) in [5.41, 5.74) is 7.27. The number of nitrogens with zero attached hydrogens (tertiary/aromatic N) is 1. The van der Waals surface area contributed by atoms with Crippen LogP contribution in [0.3, 0.4) is 0 Å². The molecule has 0 aromatic heterocycles. The number of carbonyl (C=O) groups is 1. The van der Waals surface area contributed by atoms with Gasteiger partial charge in [0.15, 0.2) is 11.6 Å². The third-order valence-corrected chi connectivity index (χ3v) is 7.36. The predicted molar refractivity (Wildman–Crippen MR) is 160 cm³/mol. The van der Waals surface area contributed by atoms with Gasteiger partial charge in [-0.05, 0) is 65.6 Å². The number of aliphatic hydroxyl groups excluding tert-OH is 1. The Bertz CT molecular complexity index is 1260. The highest BCUT2D eigenvalue weighted by atomic mass is 79.9. The molecule has 1 aliphatic heterocycles. The fourth-order valence-corrected chi connectivity index (χ4v) is 4.81. The Morgan fingerprint density at radius 3 is 2.28 bits per heavy atom. The van der Waals surface area contributed by atoms with Gasteiger partial charge in [0, 0.05) is 40.5 Å². The predicted octanol–water partition coefficient (Wildman–Crippen LogP) is 5.75. The first-order valence-electron chi connectivity index (χ1n) is 12.9. The van der Waals surface area contributed by atoms with Crippen LogP contribution in [-0.4, -0.2) is 42.2 Å². The molecular formula is C30H33Br2N3O4. The van der Waals surface area contributed by atoms with Crippen molar-refractivity contribution in [3.63, 3.8) is 0 Å². The number of hydrogen-bond donors (Lipinski definition) is 3. The maximum absolute atomic E-state index is 14.0. The van der Waals surface area contributed by atoms with Crippen LogP contribution in [0.5, 0.6) is 5.75 Å². The molecule has 2 atom stereocenters. The Kier molecular flexibility index (Phi) is 10.2. The Morgan fingerprint density at radius 2 is 1.67 bits per heavy atom. The monoisotopic (exact) mass is 657 g/mol. The van der Waals surface area contributed by atoms with Gasteiger partial charge >= 0.3 is 0 Å². The summed E-state index contributed by atoms with van der Waals surface area (Å²) in [6.07, 6.45) is 0.234. The molecule has 0 aliphatic carbocycles. The summed E-state index contributed by atoms with van der Waals surface area (Å²) in [5, 5.41) is 9.01. The molecule has 0 unspecified atom stereocenters. The summed E-state index contributed by atoms with van der Waals surface area (Å²) in [5.74, 6) is 1.16. The lowest BCUT2D eigenvalue weighted by atomic mass is 9.82. The van der Waals surface area contributed by atoms with Crippen molar-refractivity contribution in [3.05, 3.63) is 98.4 Å². The molecule has 7 nitrogen and oxygen atoms in total. The summed E-state index contributed by atoms with van der Waals surface area (Å²) >= 11 is 7.01. The zero-order valence-electron chi connectivity index (χ0n) is 22.0. The Balaban J connectivity index is 1.74. The van der Waals surface area contributed by atoms with Crippen LogP contribution in [0.2, 0.25) is 0 Å². The van der Waals surface area contributed by atoms with Crippen molar-refractivity contribution in [1.82, 2.24) is 10.9 Å². The van der Waals surface area contributed by atoms with Gasteiger partial charge in [0.25, 0.3) is 5.91 Å². The lowest BCUT2D eigenvalue weighted by molar-refractivity contribution is -0.130. The molecule has 0 bridgehead atoms. The van der Waals surface area contributed by atoms with Crippen LogP contribution < -0.4 is 15.6 Å². The molecule has 39 heavy (non-hydrogen) atoms. The second-order valence-corrected chi connectivity index (χ2v) is 11.7. The molecule has 1 aliphatic rings. The van der Waals surface area contributed by atoms with E-state index in [0.717, 1.165) is 25.6 Å². The van der Waals surface area contributed by atoms with E-state index >= 15 is 0 Å². The number of amides is 1. The molecule has 0 spiro atoms. The van der Waals surface area contributed by atoms with Crippen LogP contribution in [0.25, 0.3) is 0 Å². The quantitative estimate of drug-likeness (QED) is 0.170. The van der Waals surface area contributed by atoms with E-state index in [-0.39, 0.29) is 12.5 Å². The molecule has 0 fully saturated rings. The van der Waals surface area contributed by atoms with E-state index in [9.17, 15) is 4.79 Å². The van der Waals surface area contributed by atoms with Crippen molar-refractivity contribution in [2.45, 2.75) is 38.3 Å². The van der Waals surface area contributed by atoms with Gasteiger partial charge in [-0.1, -0.05) is 70.0 Å². The topological polar surface area (TPSA) is 92.2 Å². The second-order valence-electron chi connectivity index (χ2n) is 9.87. The zero-order chi connectivity index (χ0) is 27.8. The molecule has 1 amide bonds. The molecule has 3 N–H and O–H groups in total. The standard InChI is InChI=1S/C30H33Br2N3O4/c1-20(2)19-33-35-29(37)30(18-21-4-10-24(31)11-5-21)27(22-6-12-25(32)13-7-22)39-28(34-30)23-8-14-26(15-9-23)38-17-3-16-36/h4-15,20,27,33,36H,3,16-19H2,1-2H3,(H,35,37)/t27-,30-/m0/s1. The highest BCUT2D eigenvalue weighted by Gasteiger charge is 2.53. The molecule has 9 heteroatoms. The summed E-state index contributed by atoms with van der Waals surface area (Å²) in [7, 11) is 0. The molecule has 0 saturated heterocycles. The Morgan fingerprint density at radius 1 is 1.03 bits per heavy atom. The summed E-state index contributed by atoms with van der Waals surface area (Å²) in [6, 6.07) is 23.1. The number of nitrogens with one attached hydrogen (secondary N) is 2.